The summed E-state index contributed by atoms with van der Waals surface area (Å²) in [4.78, 5) is 6.13. The fraction of sp³-hybridized carbons (Fsp3) is 0.154. The van der Waals surface area contributed by atoms with E-state index in [1.54, 1.807) is 12.4 Å². The van der Waals surface area contributed by atoms with Crippen LogP contribution >= 0.6 is 15.9 Å². The summed E-state index contributed by atoms with van der Waals surface area (Å²) in [6.45, 7) is 0.814. The lowest BCUT2D eigenvalue weighted by Crippen LogP contribution is -2.17. The summed E-state index contributed by atoms with van der Waals surface area (Å²) in [7, 11) is 2.03. The van der Waals surface area contributed by atoms with E-state index in [-0.39, 0.29) is 0 Å². The first-order chi connectivity index (χ1) is 8.16. The van der Waals surface area contributed by atoms with Crippen LogP contribution in [0.2, 0.25) is 0 Å². The highest BCUT2D eigenvalue weighted by Crippen LogP contribution is 2.26. The van der Waals surface area contributed by atoms with Crippen LogP contribution in [-0.2, 0) is 6.54 Å². The standard InChI is InChI=1S/C13H14BrN3/c1-17(9-10-4-6-16-7-5-10)13-3-2-11(14)8-12(13)15/h2-8H,9,15H2,1H3. The molecule has 0 saturated carbocycles. The van der Waals surface area contributed by atoms with Gasteiger partial charge in [-0.2, -0.15) is 0 Å². The molecule has 1 aromatic carbocycles. The van der Waals surface area contributed by atoms with Gasteiger partial charge in [-0.3, -0.25) is 4.98 Å². The number of hydrogen-bond donors (Lipinski definition) is 1. The Morgan fingerprint density at radius 2 is 1.94 bits per heavy atom. The van der Waals surface area contributed by atoms with Gasteiger partial charge >= 0.3 is 0 Å². The molecule has 0 aliphatic carbocycles. The first kappa shape index (κ1) is 11.9. The predicted molar refractivity (Wildman–Crippen MR) is 74.9 cm³/mol. The van der Waals surface area contributed by atoms with Crippen molar-refractivity contribution in [3.05, 3.63) is 52.8 Å². The molecule has 2 N–H and O–H groups in total. The van der Waals surface area contributed by atoms with Crippen molar-refractivity contribution in [3.63, 3.8) is 0 Å². The van der Waals surface area contributed by atoms with E-state index in [1.807, 2.05) is 37.4 Å². The summed E-state index contributed by atoms with van der Waals surface area (Å²) in [5, 5.41) is 0. The minimum absolute atomic E-state index is 0.774. The molecular formula is C13H14BrN3. The zero-order valence-electron chi connectivity index (χ0n) is 9.60. The van der Waals surface area contributed by atoms with Crippen molar-refractivity contribution in [3.8, 4) is 0 Å². The second-order valence-corrected chi connectivity index (χ2v) is 4.83. The number of benzene rings is 1. The van der Waals surface area contributed by atoms with Gasteiger partial charge in [0.1, 0.15) is 0 Å². The third-order valence-corrected chi connectivity index (χ3v) is 3.06. The van der Waals surface area contributed by atoms with Crippen LogP contribution in [0.4, 0.5) is 11.4 Å². The molecule has 1 aromatic heterocycles. The lowest BCUT2D eigenvalue weighted by atomic mass is 10.2. The molecule has 17 heavy (non-hydrogen) atoms. The molecular weight excluding hydrogens is 278 g/mol. The average molecular weight is 292 g/mol. The van der Waals surface area contributed by atoms with Crippen molar-refractivity contribution < 1.29 is 0 Å². The Balaban J connectivity index is 2.17. The van der Waals surface area contributed by atoms with E-state index >= 15 is 0 Å². The smallest absolute Gasteiger partial charge is 0.0601 e. The van der Waals surface area contributed by atoms with Crippen LogP contribution in [0.1, 0.15) is 5.56 Å². The molecule has 0 spiro atoms. The molecule has 88 valence electrons. The van der Waals surface area contributed by atoms with Gasteiger partial charge in [-0.15, -0.1) is 0 Å². The number of nitrogens with zero attached hydrogens (tertiary/aromatic N) is 2. The molecule has 0 aliphatic rings. The fourth-order valence-electron chi connectivity index (χ4n) is 1.72. The molecule has 0 bridgehead atoms. The lowest BCUT2D eigenvalue weighted by Gasteiger charge is -2.21. The molecule has 0 aliphatic heterocycles. The van der Waals surface area contributed by atoms with E-state index in [2.05, 4.69) is 25.8 Å². The summed E-state index contributed by atoms with van der Waals surface area (Å²) in [6.07, 6.45) is 3.60. The second-order valence-electron chi connectivity index (χ2n) is 3.91. The number of anilines is 2. The first-order valence-corrected chi connectivity index (χ1v) is 6.11. The highest BCUT2D eigenvalue weighted by molar-refractivity contribution is 9.10. The number of nitrogen functional groups attached to an aromatic ring is 1. The molecule has 4 heteroatoms. The van der Waals surface area contributed by atoms with E-state index in [4.69, 9.17) is 5.73 Å². The van der Waals surface area contributed by atoms with Crippen LogP contribution in [0.3, 0.4) is 0 Å². The molecule has 0 saturated heterocycles. The van der Waals surface area contributed by atoms with Crippen LogP contribution in [-0.4, -0.2) is 12.0 Å². The van der Waals surface area contributed by atoms with Gasteiger partial charge in [-0.05, 0) is 35.9 Å². The van der Waals surface area contributed by atoms with Crippen molar-refractivity contribution in [2.75, 3.05) is 17.7 Å². The number of halogens is 1. The average Bonchev–Trinajstić information content (AvgIpc) is 2.30. The summed E-state index contributed by atoms with van der Waals surface area (Å²) < 4.78 is 0.996. The third kappa shape index (κ3) is 2.97. The van der Waals surface area contributed by atoms with Gasteiger partial charge in [0.2, 0.25) is 0 Å². The zero-order chi connectivity index (χ0) is 12.3. The summed E-state index contributed by atoms with van der Waals surface area (Å²) in [6, 6.07) is 9.94. The normalized spacial score (nSPS) is 10.2. The summed E-state index contributed by atoms with van der Waals surface area (Å²) in [5.74, 6) is 0. The van der Waals surface area contributed by atoms with Gasteiger partial charge in [-0.25, -0.2) is 0 Å². The molecule has 2 rings (SSSR count). The Hall–Kier alpha value is -1.55. The monoisotopic (exact) mass is 291 g/mol. The van der Waals surface area contributed by atoms with Crippen molar-refractivity contribution in [1.29, 1.82) is 0 Å². The van der Waals surface area contributed by atoms with E-state index in [0.29, 0.717) is 0 Å². The Bertz CT molecular complexity index is 499. The van der Waals surface area contributed by atoms with Crippen LogP contribution in [0.25, 0.3) is 0 Å². The number of nitrogens with two attached hydrogens (primary N) is 1. The Kier molecular flexibility index (Phi) is 3.64. The maximum Gasteiger partial charge on any atom is 0.0601 e. The van der Waals surface area contributed by atoms with Gasteiger partial charge in [-0.1, -0.05) is 15.9 Å². The van der Waals surface area contributed by atoms with E-state index < -0.39 is 0 Å². The highest BCUT2D eigenvalue weighted by atomic mass is 79.9. The van der Waals surface area contributed by atoms with Crippen molar-refractivity contribution in [2.24, 2.45) is 0 Å². The topological polar surface area (TPSA) is 42.2 Å². The van der Waals surface area contributed by atoms with Gasteiger partial charge in [0.05, 0.1) is 11.4 Å². The summed E-state index contributed by atoms with van der Waals surface area (Å²) in [5.41, 5.74) is 9.01. The first-order valence-electron chi connectivity index (χ1n) is 5.32. The van der Waals surface area contributed by atoms with Crippen LogP contribution in [0, 0.1) is 0 Å². The SMILES string of the molecule is CN(Cc1ccncc1)c1ccc(Br)cc1N. The molecule has 0 atom stereocenters. The maximum atomic E-state index is 5.99. The molecule has 0 fully saturated rings. The van der Waals surface area contributed by atoms with E-state index in [1.165, 1.54) is 5.56 Å². The Morgan fingerprint density at radius 3 is 2.59 bits per heavy atom. The quantitative estimate of drug-likeness (QED) is 0.884. The minimum atomic E-state index is 0.774. The fourth-order valence-corrected chi connectivity index (χ4v) is 2.10. The molecule has 1 heterocycles. The number of hydrogen-bond acceptors (Lipinski definition) is 3. The maximum absolute atomic E-state index is 5.99. The lowest BCUT2D eigenvalue weighted by molar-refractivity contribution is 0.921. The van der Waals surface area contributed by atoms with Gasteiger partial charge in [0.25, 0.3) is 0 Å². The van der Waals surface area contributed by atoms with Gasteiger partial charge < -0.3 is 10.6 Å². The zero-order valence-corrected chi connectivity index (χ0v) is 11.2. The highest BCUT2D eigenvalue weighted by Gasteiger charge is 2.06. The van der Waals surface area contributed by atoms with Crippen LogP contribution in [0.15, 0.2) is 47.2 Å². The molecule has 3 nitrogen and oxygen atoms in total. The Labute approximate surface area is 109 Å². The molecule has 0 radical (unpaired) electrons. The van der Waals surface area contributed by atoms with Gasteiger partial charge in [0, 0.05) is 30.5 Å². The van der Waals surface area contributed by atoms with Crippen LogP contribution < -0.4 is 10.6 Å². The predicted octanol–water partition coefficient (Wildman–Crippen LogP) is 3.06. The van der Waals surface area contributed by atoms with Crippen molar-refractivity contribution in [2.45, 2.75) is 6.54 Å². The minimum Gasteiger partial charge on any atom is -0.397 e. The number of rotatable bonds is 3. The molecule has 0 unspecified atom stereocenters. The largest absolute Gasteiger partial charge is 0.397 e. The van der Waals surface area contributed by atoms with E-state index in [9.17, 15) is 0 Å². The number of aromatic nitrogens is 1. The van der Waals surface area contributed by atoms with E-state index in [0.717, 1.165) is 22.4 Å². The number of pyridine rings is 1. The van der Waals surface area contributed by atoms with Crippen LogP contribution in [0.5, 0.6) is 0 Å². The molecule has 0 amide bonds. The Morgan fingerprint density at radius 1 is 1.24 bits per heavy atom. The second kappa shape index (κ2) is 5.19. The third-order valence-electron chi connectivity index (χ3n) is 2.57. The van der Waals surface area contributed by atoms with Crippen molar-refractivity contribution in [1.82, 2.24) is 4.98 Å². The van der Waals surface area contributed by atoms with Crippen molar-refractivity contribution >= 4 is 27.3 Å². The summed E-state index contributed by atoms with van der Waals surface area (Å²) >= 11 is 3.41. The molecule has 2 aromatic rings. The van der Waals surface area contributed by atoms with Gasteiger partial charge in [0.15, 0.2) is 0 Å².